The number of aromatic nitrogens is 2. The fourth-order valence-corrected chi connectivity index (χ4v) is 1.96. The van der Waals surface area contributed by atoms with Crippen LogP contribution in [0, 0.1) is 0 Å². The van der Waals surface area contributed by atoms with Crippen molar-refractivity contribution in [2.75, 3.05) is 20.3 Å². The van der Waals surface area contributed by atoms with Gasteiger partial charge in [-0.1, -0.05) is 0 Å². The van der Waals surface area contributed by atoms with Crippen LogP contribution in [0.5, 0.6) is 0 Å². The van der Waals surface area contributed by atoms with E-state index in [1.807, 2.05) is 0 Å². The molecule has 0 saturated carbocycles. The summed E-state index contributed by atoms with van der Waals surface area (Å²) in [6.07, 6.45) is 0.312. The molecule has 1 aromatic heterocycles. The molecule has 1 amide bonds. The van der Waals surface area contributed by atoms with E-state index in [4.69, 9.17) is 4.74 Å². The molecule has 0 spiro atoms. The van der Waals surface area contributed by atoms with Gasteiger partial charge >= 0.3 is 5.69 Å². The summed E-state index contributed by atoms with van der Waals surface area (Å²) in [5.41, 5.74) is -1.41. The van der Waals surface area contributed by atoms with Crippen LogP contribution >= 0.6 is 0 Å². The zero-order chi connectivity index (χ0) is 14.2. The van der Waals surface area contributed by atoms with Crippen LogP contribution in [0.15, 0.2) is 15.8 Å². The third-order valence-corrected chi connectivity index (χ3v) is 3.25. The quantitative estimate of drug-likeness (QED) is 0.640. The molecule has 0 unspecified atom stereocenters. The van der Waals surface area contributed by atoms with Crippen molar-refractivity contribution in [3.63, 3.8) is 0 Å². The summed E-state index contributed by atoms with van der Waals surface area (Å²) in [5, 5.41) is 9.66. The van der Waals surface area contributed by atoms with Crippen LogP contribution in [0.25, 0.3) is 0 Å². The van der Waals surface area contributed by atoms with Gasteiger partial charge in [-0.25, -0.2) is 4.79 Å². The lowest BCUT2D eigenvalue weighted by Gasteiger charge is -2.25. The van der Waals surface area contributed by atoms with Gasteiger partial charge in [0.05, 0.1) is 25.4 Å². The first-order valence-corrected chi connectivity index (χ1v) is 5.75. The molecule has 1 fully saturated rings. The lowest BCUT2D eigenvalue weighted by atomic mass is 10.1. The Morgan fingerprint density at radius 2 is 2.21 bits per heavy atom. The van der Waals surface area contributed by atoms with Crippen molar-refractivity contribution in [2.24, 2.45) is 7.05 Å². The van der Waals surface area contributed by atoms with E-state index in [0.717, 1.165) is 10.8 Å². The van der Waals surface area contributed by atoms with Crippen LogP contribution in [0.2, 0.25) is 0 Å². The van der Waals surface area contributed by atoms with Crippen LogP contribution in [-0.2, 0) is 11.8 Å². The standard InChI is InChI=1S/C11H15N3O5/c1-13(7-4-19-5-8(7)15)9(16)6-3-12-11(18)14(2)10(6)17/h3,7-8,15H,4-5H2,1-2H3,(H,12,18)/t7-,8-/m1/s1. The third-order valence-electron chi connectivity index (χ3n) is 3.25. The molecule has 0 aliphatic carbocycles. The zero-order valence-corrected chi connectivity index (χ0v) is 10.6. The number of aliphatic hydroxyl groups excluding tert-OH is 1. The highest BCUT2D eigenvalue weighted by atomic mass is 16.5. The molecule has 2 atom stereocenters. The Morgan fingerprint density at radius 1 is 1.53 bits per heavy atom. The van der Waals surface area contributed by atoms with Gasteiger partial charge in [0.25, 0.3) is 11.5 Å². The second kappa shape index (κ2) is 4.98. The first kappa shape index (κ1) is 13.5. The number of nitrogens with zero attached hydrogens (tertiary/aromatic N) is 2. The van der Waals surface area contributed by atoms with Crippen LogP contribution in [0.3, 0.4) is 0 Å². The highest BCUT2D eigenvalue weighted by Gasteiger charge is 2.33. The van der Waals surface area contributed by atoms with Crippen molar-refractivity contribution in [1.29, 1.82) is 0 Å². The smallest absolute Gasteiger partial charge is 0.328 e. The fourth-order valence-electron chi connectivity index (χ4n) is 1.96. The number of aliphatic hydroxyl groups is 1. The predicted octanol–water partition coefficient (Wildman–Crippen LogP) is -2.09. The van der Waals surface area contributed by atoms with Crippen LogP contribution in [0.4, 0.5) is 0 Å². The first-order valence-electron chi connectivity index (χ1n) is 5.75. The minimum atomic E-state index is -0.777. The molecule has 0 radical (unpaired) electrons. The van der Waals surface area contributed by atoms with E-state index >= 15 is 0 Å². The molecule has 2 heterocycles. The molecule has 1 aliphatic rings. The van der Waals surface area contributed by atoms with Gasteiger partial charge in [-0.2, -0.15) is 0 Å². The maximum atomic E-state index is 12.2. The van der Waals surface area contributed by atoms with E-state index in [2.05, 4.69) is 4.98 Å². The van der Waals surface area contributed by atoms with Crippen molar-refractivity contribution in [3.05, 3.63) is 32.6 Å². The van der Waals surface area contributed by atoms with Crippen molar-refractivity contribution >= 4 is 5.91 Å². The molecular formula is C11H15N3O5. The van der Waals surface area contributed by atoms with E-state index in [1.54, 1.807) is 0 Å². The maximum absolute atomic E-state index is 12.2. The normalized spacial score (nSPS) is 22.5. The summed E-state index contributed by atoms with van der Waals surface area (Å²) in [6.45, 7) is 0.374. The van der Waals surface area contributed by atoms with Gasteiger partial charge in [0.2, 0.25) is 0 Å². The number of carbonyl (C=O) groups excluding carboxylic acids is 1. The lowest BCUT2D eigenvalue weighted by Crippen LogP contribution is -2.47. The molecule has 104 valence electrons. The average Bonchev–Trinajstić information content (AvgIpc) is 2.81. The Kier molecular flexibility index (Phi) is 3.54. The molecule has 19 heavy (non-hydrogen) atoms. The number of carbonyl (C=O) groups is 1. The van der Waals surface area contributed by atoms with Crippen molar-refractivity contribution in [2.45, 2.75) is 12.1 Å². The molecule has 0 aromatic carbocycles. The Balaban J connectivity index is 2.32. The second-order valence-electron chi connectivity index (χ2n) is 4.46. The number of amides is 1. The summed E-state index contributed by atoms with van der Waals surface area (Å²) in [5.74, 6) is -0.564. The second-order valence-corrected chi connectivity index (χ2v) is 4.46. The van der Waals surface area contributed by atoms with Gasteiger partial charge in [0, 0.05) is 20.3 Å². The molecule has 1 saturated heterocycles. The van der Waals surface area contributed by atoms with Crippen molar-refractivity contribution < 1.29 is 14.6 Å². The zero-order valence-electron chi connectivity index (χ0n) is 10.6. The number of rotatable bonds is 2. The molecule has 8 nitrogen and oxygen atoms in total. The molecule has 0 bridgehead atoms. The minimum absolute atomic E-state index is 0.149. The lowest BCUT2D eigenvalue weighted by molar-refractivity contribution is 0.0578. The summed E-state index contributed by atoms with van der Waals surface area (Å²) < 4.78 is 5.89. The average molecular weight is 269 g/mol. The van der Waals surface area contributed by atoms with Gasteiger partial charge in [-0.3, -0.25) is 14.2 Å². The van der Waals surface area contributed by atoms with E-state index in [0.29, 0.717) is 0 Å². The van der Waals surface area contributed by atoms with Crippen molar-refractivity contribution in [3.8, 4) is 0 Å². The highest BCUT2D eigenvalue weighted by Crippen LogP contribution is 2.13. The largest absolute Gasteiger partial charge is 0.388 e. The number of hydrogen-bond donors (Lipinski definition) is 2. The number of likely N-dealkylation sites (N-methyl/N-ethyl adjacent to an activating group) is 1. The Bertz CT molecular complexity index is 605. The summed E-state index contributed by atoms with van der Waals surface area (Å²) in [4.78, 5) is 38.8. The SMILES string of the molecule is CN(C(=O)c1c[nH]c(=O)n(C)c1=O)[C@@H]1COC[C@H]1O. The summed E-state index contributed by atoms with van der Waals surface area (Å²) in [6, 6.07) is -0.496. The van der Waals surface area contributed by atoms with Crippen LogP contribution in [-0.4, -0.2) is 57.9 Å². The topological polar surface area (TPSA) is 105 Å². The van der Waals surface area contributed by atoms with Gasteiger partial charge in [0.15, 0.2) is 0 Å². The van der Waals surface area contributed by atoms with E-state index in [1.165, 1.54) is 19.0 Å². The number of H-pyrrole nitrogens is 1. The minimum Gasteiger partial charge on any atom is -0.388 e. The summed E-state index contributed by atoms with van der Waals surface area (Å²) >= 11 is 0. The predicted molar refractivity (Wildman–Crippen MR) is 65.0 cm³/mol. The summed E-state index contributed by atoms with van der Waals surface area (Å²) in [7, 11) is 2.76. The molecule has 1 aromatic rings. The van der Waals surface area contributed by atoms with Crippen molar-refractivity contribution in [1.82, 2.24) is 14.5 Å². The molecule has 8 heteroatoms. The molecule has 1 aliphatic heterocycles. The number of aromatic amines is 1. The molecule has 2 rings (SSSR count). The third kappa shape index (κ3) is 2.32. The van der Waals surface area contributed by atoms with E-state index < -0.39 is 29.3 Å². The van der Waals surface area contributed by atoms with E-state index in [-0.39, 0.29) is 18.8 Å². The van der Waals surface area contributed by atoms with Gasteiger partial charge in [0.1, 0.15) is 5.56 Å². The van der Waals surface area contributed by atoms with Crippen LogP contribution < -0.4 is 11.2 Å². The Hall–Kier alpha value is -1.93. The number of hydrogen-bond acceptors (Lipinski definition) is 5. The van der Waals surface area contributed by atoms with E-state index in [9.17, 15) is 19.5 Å². The maximum Gasteiger partial charge on any atom is 0.328 e. The highest BCUT2D eigenvalue weighted by molar-refractivity contribution is 5.93. The Labute approximate surface area is 108 Å². The Morgan fingerprint density at radius 3 is 2.79 bits per heavy atom. The van der Waals surface area contributed by atoms with Gasteiger partial charge in [-0.15, -0.1) is 0 Å². The number of ether oxygens (including phenoxy) is 1. The van der Waals surface area contributed by atoms with Crippen LogP contribution in [0.1, 0.15) is 10.4 Å². The number of nitrogens with one attached hydrogen (secondary N) is 1. The first-order chi connectivity index (χ1) is 8.93. The van der Waals surface area contributed by atoms with Gasteiger partial charge < -0.3 is 19.7 Å². The molecular weight excluding hydrogens is 254 g/mol. The fraction of sp³-hybridized carbons (Fsp3) is 0.545. The monoisotopic (exact) mass is 269 g/mol. The van der Waals surface area contributed by atoms with Gasteiger partial charge in [-0.05, 0) is 0 Å². The molecule has 2 N–H and O–H groups in total.